The first kappa shape index (κ1) is 16.7. The molecule has 0 bridgehead atoms. The molecule has 0 aromatic heterocycles. The summed E-state index contributed by atoms with van der Waals surface area (Å²) in [6.45, 7) is 7.97. The van der Waals surface area contributed by atoms with E-state index in [1.165, 1.54) is 21.2 Å². The third-order valence-electron chi connectivity index (χ3n) is 3.81. The molecule has 3 nitrogen and oxygen atoms in total. The first-order chi connectivity index (χ1) is 10.2. The molecule has 2 rings (SSSR count). The molecule has 0 fully saturated rings. The number of rotatable bonds is 7. The van der Waals surface area contributed by atoms with Gasteiger partial charge in [0.15, 0.2) is 0 Å². The van der Waals surface area contributed by atoms with E-state index < -0.39 is 0 Å². The van der Waals surface area contributed by atoms with Crippen LogP contribution in [0.4, 0.5) is 0 Å². The van der Waals surface area contributed by atoms with E-state index in [4.69, 9.17) is 4.74 Å². The summed E-state index contributed by atoms with van der Waals surface area (Å²) in [5, 5.41) is 3.36. The average Bonchev–Trinajstić information content (AvgIpc) is 2.50. The highest BCUT2D eigenvalue weighted by Crippen LogP contribution is 2.22. The molecule has 1 aliphatic rings. The largest absolute Gasteiger partial charge is 0.380 e. The fourth-order valence-corrected chi connectivity index (χ4v) is 3.10. The van der Waals surface area contributed by atoms with Crippen LogP contribution in [0.1, 0.15) is 24.5 Å². The summed E-state index contributed by atoms with van der Waals surface area (Å²) in [4.78, 5) is 2.48. The van der Waals surface area contributed by atoms with Gasteiger partial charge in [-0.1, -0.05) is 41.1 Å². The van der Waals surface area contributed by atoms with Gasteiger partial charge in [-0.3, -0.25) is 4.90 Å². The van der Waals surface area contributed by atoms with Crippen molar-refractivity contribution in [3.63, 3.8) is 0 Å². The Hall–Kier alpha value is -0.680. The third kappa shape index (κ3) is 5.22. The maximum absolute atomic E-state index is 5.20. The number of methoxy groups -OCH3 is 1. The minimum atomic E-state index is 0.774. The molecule has 1 heterocycles. The molecule has 0 unspecified atom stereocenters. The molecule has 0 spiro atoms. The van der Waals surface area contributed by atoms with E-state index in [0.29, 0.717) is 0 Å². The maximum atomic E-state index is 5.20. The highest BCUT2D eigenvalue weighted by Gasteiger charge is 2.13. The van der Waals surface area contributed by atoms with Crippen molar-refractivity contribution in [3.05, 3.63) is 45.4 Å². The van der Waals surface area contributed by atoms with Gasteiger partial charge in [0.1, 0.15) is 0 Å². The number of nitrogens with zero attached hydrogens (tertiary/aromatic N) is 1. The SMILES string of the molecule is CCNCc1ccc(CN2CC=C(COC)CC2)c(Br)c1. The van der Waals surface area contributed by atoms with Crippen LogP contribution in [0, 0.1) is 0 Å². The Balaban J connectivity index is 1.91. The van der Waals surface area contributed by atoms with Gasteiger partial charge >= 0.3 is 0 Å². The Bertz CT molecular complexity index is 488. The Kier molecular flexibility index (Phi) is 6.90. The highest BCUT2D eigenvalue weighted by atomic mass is 79.9. The van der Waals surface area contributed by atoms with Crippen LogP contribution < -0.4 is 5.32 Å². The Morgan fingerprint density at radius 1 is 1.38 bits per heavy atom. The Labute approximate surface area is 136 Å². The molecule has 1 N–H and O–H groups in total. The summed E-state index contributed by atoms with van der Waals surface area (Å²) in [7, 11) is 1.76. The van der Waals surface area contributed by atoms with Crippen LogP contribution in [-0.2, 0) is 17.8 Å². The summed E-state index contributed by atoms with van der Waals surface area (Å²) in [5.41, 5.74) is 4.11. The number of nitrogens with one attached hydrogen (secondary N) is 1. The minimum absolute atomic E-state index is 0.774. The lowest BCUT2D eigenvalue weighted by Gasteiger charge is -2.26. The van der Waals surface area contributed by atoms with E-state index in [1.54, 1.807) is 7.11 Å². The monoisotopic (exact) mass is 352 g/mol. The molecule has 0 atom stereocenters. The number of hydrogen-bond acceptors (Lipinski definition) is 3. The number of halogens is 1. The van der Waals surface area contributed by atoms with E-state index >= 15 is 0 Å². The molecule has 0 saturated heterocycles. The van der Waals surface area contributed by atoms with Gasteiger partial charge in [0.25, 0.3) is 0 Å². The van der Waals surface area contributed by atoms with Gasteiger partial charge in [-0.25, -0.2) is 0 Å². The third-order valence-corrected chi connectivity index (χ3v) is 4.55. The summed E-state index contributed by atoms with van der Waals surface area (Å²) >= 11 is 3.71. The standard InChI is InChI=1S/C17H25BrN2O/c1-3-19-11-15-4-5-16(17(18)10-15)12-20-8-6-14(7-9-20)13-21-2/h4-6,10,19H,3,7-9,11-13H2,1-2H3. The lowest BCUT2D eigenvalue weighted by atomic mass is 10.1. The van der Waals surface area contributed by atoms with Gasteiger partial charge in [0.05, 0.1) is 6.61 Å². The van der Waals surface area contributed by atoms with Crippen molar-refractivity contribution in [1.82, 2.24) is 10.2 Å². The molecular formula is C17H25BrN2O. The van der Waals surface area contributed by atoms with Crippen LogP contribution in [-0.4, -0.2) is 38.3 Å². The van der Waals surface area contributed by atoms with E-state index in [9.17, 15) is 0 Å². The van der Waals surface area contributed by atoms with Gasteiger partial charge in [0, 0.05) is 37.8 Å². The van der Waals surface area contributed by atoms with Crippen molar-refractivity contribution in [2.75, 3.05) is 33.4 Å². The van der Waals surface area contributed by atoms with E-state index in [1.807, 2.05) is 0 Å². The second kappa shape index (κ2) is 8.69. The fraction of sp³-hybridized carbons (Fsp3) is 0.529. The van der Waals surface area contributed by atoms with Gasteiger partial charge in [-0.2, -0.15) is 0 Å². The number of hydrogen-bond donors (Lipinski definition) is 1. The molecule has 0 amide bonds. The second-order valence-electron chi connectivity index (χ2n) is 5.49. The highest BCUT2D eigenvalue weighted by molar-refractivity contribution is 9.10. The second-order valence-corrected chi connectivity index (χ2v) is 6.34. The molecule has 1 aliphatic heterocycles. The molecule has 0 radical (unpaired) electrons. The van der Waals surface area contributed by atoms with Crippen molar-refractivity contribution in [2.24, 2.45) is 0 Å². The summed E-state index contributed by atoms with van der Waals surface area (Å²) in [6.07, 6.45) is 3.42. The van der Waals surface area contributed by atoms with Crippen molar-refractivity contribution in [2.45, 2.75) is 26.4 Å². The van der Waals surface area contributed by atoms with Crippen molar-refractivity contribution < 1.29 is 4.74 Å². The summed E-state index contributed by atoms with van der Waals surface area (Å²) in [6, 6.07) is 6.69. The van der Waals surface area contributed by atoms with Gasteiger partial charge < -0.3 is 10.1 Å². The van der Waals surface area contributed by atoms with Gasteiger partial charge in [0.2, 0.25) is 0 Å². The Morgan fingerprint density at radius 2 is 2.24 bits per heavy atom. The molecule has 116 valence electrons. The van der Waals surface area contributed by atoms with Crippen molar-refractivity contribution in [1.29, 1.82) is 0 Å². The molecule has 0 aliphatic carbocycles. The topological polar surface area (TPSA) is 24.5 Å². The predicted molar refractivity (Wildman–Crippen MR) is 91.4 cm³/mol. The predicted octanol–water partition coefficient (Wildman–Crippen LogP) is 3.34. The van der Waals surface area contributed by atoms with Crippen LogP contribution in [0.3, 0.4) is 0 Å². The lowest BCUT2D eigenvalue weighted by molar-refractivity contribution is 0.210. The van der Waals surface area contributed by atoms with Crippen LogP contribution >= 0.6 is 15.9 Å². The van der Waals surface area contributed by atoms with Crippen LogP contribution in [0.25, 0.3) is 0 Å². The van der Waals surface area contributed by atoms with Crippen LogP contribution in [0.5, 0.6) is 0 Å². The zero-order chi connectivity index (χ0) is 15.1. The summed E-state index contributed by atoms with van der Waals surface area (Å²) < 4.78 is 6.41. The zero-order valence-electron chi connectivity index (χ0n) is 13.0. The van der Waals surface area contributed by atoms with Crippen LogP contribution in [0.2, 0.25) is 0 Å². The van der Waals surface area contributed by atoms with Crippen molar-refractivity contribution in [3.8, 4) is 0 Å². The Morgan fingerprint density at radius 3 is 2.86 bits per heavy atom. The maximum Gasteiger partial charge on any atom is 0.0673 e. The molecule has 0 saturated carbocycles. The van der Waals surface area contributed by atoms with E-state index in [2.05, 4.69) is 57.3 Å². The average molecular weight is 353 g/mol. The molecule has 4 heteroatoms. The molecule has 1 aromatic rings. The quantitative estimate of drug-likeness (QED) is 0.761. The smallest absolute Gasteiger partial charge is 0.0673 e. The fourth-order valence-electron chi connectivity index (χ4n) is 2.55. The molecular weight excluding hydrogens is 328 g/mol. The van der Waals surface area contributed by atoms with E-state index in [0.717, 1.165) is 45.8 Å². The van der Waals surface area contributed by atoms with E-state index in [-0.39, 0.29) is 0 Å². The first-order valence-electron chi connectivity index (χ1n) is 7.60. The summed E-state index contributed by atoms with van der Waals surface area (Å²) in [5.74, 6) is 0. The van der Waals surface area contributed by atoms with Gasteiger partial charge in [-0.05, 0) is 35.7 Å². The first-order valence-corrected chi connectivity index (χ1v) is 8.39. The lowest BCUT2D eigenvalue weighted by Crippen LogP contribution is -2.29. The van der Waals surface area contributed by atoms with Crippen molar-refractivity contribution >= 4 is 15.9 Å². The number of ether oxygens (including phenoxy) is 1. The normalized spacial score (nSPS) is 16.0. The number of benzene rings is 1. The minimum Gasteiger partial charge on any atom is -0.380 e. The van der Waals surface area contributed by atoms with Crippen LogP contribution in [0.15, 0.2) is 34.3 Å². The molecule has 1 aromatic carbocycles. The molecule has 21 heavy (non-hydrogen) atoms. The zero-order valence-corrected chi connectivity index (χ0v) is 14.6. The van der Waals surface area contributed by atoms with Gasteiger partial charge in [-0.15, -0.1) is 0 Å².